The molecule has 0 saturated carbocycles. The number of nitrogens with zero attached hydrogens (tertiary/aromatic N) is 2. The van der Waals surface area contributed by atoms with Crippen LogP contribution in [0.15, 0.2) is 52.9 Å². The summed E-state index contributed by atoms with van der Waals surface area (Å²) in [7, 11) is 1.35. The molecule has 140 valence electrons. The monoisotopic (exact) mass is 400 g/mol. The van der Waals surface area contributed by atoms with Crippen molar-refractivity contribution in [3.8, 4) is 10.4 Å². The number of hydrogen-bond donors (Lipinski definition) is 0. The molecule has 0 bridgehead atoms. The molecular weight excluding hydrogens is 380 g/mol. The van der Waals surface area contributed by atoms with Gasteiger partial charge in [0.25, 0.3) is 5.56 Å². The second kappa shape index (κ2) is 8.10. The summed E-state index contributed by atoms with van der Waals surface area (Å²) in [6, 6.07) is 9.96. The molecule has 3 aromatic rings. The first kappa shape index (κ1) is 19.4. The van der Waals surface area contributed by atoms with E-state index < -0.39 is 5.25 Å². The molecule has 2 heterocycles. The van der Waals surface area contributed by atoms with E-state index in [1.807, 2.05) is 37.3 Å². The van der Waals surface area contributed by atoms with Crippen molar-refractivity contribution in [3.05, 3.63) is 58.9 Å². The van der Waals surface area contributed by atoms with E-state index in [2.05, 4.69) is 6.58 Å². The van der Waals surface area contributed by atoms with Gasteiger partial charge in [0.1, 0.15) is 10.1 Å². The Balaban J connectivity index is 2.19. The molecule has 3 rings (SSSR count). The summed E-state index contributed by atoms with van der Waals surface area (Å²) in [5, 5.41) is 0.645. The number of thioether (sulfide) groups is 1. The number of carbonyl (C=O) groups excluding carboxylic acids is 1. The lowest BCUT2D eigenvalue weighted by atomic mass is 10.1. The van der Waals surface area contributed by atoms with Crippen LogP contribution < -0.4 is 5.56 Å². The summed E-state index contributed by atoms with van der Waals surface area (Å²) in [5.41, 5.74) is 1.87. The molecule has 7 heteroatoms. The Morgan fingerprint density at radius 2 is 2.11 bits per heavy atom. The zero-order valence-electron chi connectivity index (χ0n) is 15.4. The van der Waals surface area contributed by atoms with Crippen molar-refractivity contribution in [1.82, 2.24) is 9.55 Å². The molecule has 0 unspecified atom stereocenters. The second-order valence-corrected chi connectivity index (χ2v) is 8.29. The largest absolute Gasteiger partial charge is 0.468 e. The van der Waals surface area contributed by atoms with E-state index in [9.17, 15) is 9.59 Å². The Morgan fingerprint density at radius 1 is 1.41 bits per heavy atom. The van der Waals surface area contributed by atoms with Crippen LogP contribution in [0.3, 0.4) is 0 Å². The number of methoxy groups -OCH3 is 1. The van der Waals surface area contributed by atoms with Crippen molar-refractivity contribution in [2.24, 2.45) is 0 Å². The Bertz CT molecular complexity index is 1050. The molecule has 0 radical (unpaired) electrons. The first-order valence-corrected chi connectivity index (χ1v) is 10.1. The van der Waals surface area contributed by atoms with E-state index in [1.54, 1.807) is 17.6 Å². The molecule has 0 N–H and O–H groups in total. The lowest BCUT2D eigenvalue weighted by molar-refractivity contribution is -0.139. The predicted octanol–water partition coefficient (Wildman–Crippen LogP) is 4.27. The third-order valence-corrected chi connectivity index (χ3v) is 6.48. The van der Waals surface area contributed by atoms with E-state index in [4.69, 9.17) is 9.72 Å². The van der Waals surface area contributed by atoms with Gasteiger partial charge in [-0.2, -0.15) is 0 Å². The van der Waals surface area contributed by atoms with Gasteiger partial charge in [-0.3, -0.25) is 14.2 Å². The SMILES string of the molecule is C=CCn1c(S[C@@H](C)C(=O)OC)nc2sc(-c3ccccc3)c(C)c2c1=O. The van der Waals surface area contributed by atoms with Gasteiger partial charge in [0.15, 0.2) is 5.16 Å². The van der Waals surface area contributed by atoms with Crippen molar-refractivity contribution in [1.29, 1.82) is 0 Å². The second-order valence-electron chi connectivity index (χ2n) is 5.98. The molecular formula is C20H20N2O3S2. The highest BCUT2D eigenvalue weighted by atomic mass is 32.2. The van der Waals surface area contributed by atoms with Crippen molar-refractivity contribution in [3.63, 3.8) is 0 Å². The third-order valence-electron chi connectivity index (χ3n) is 4.18. The number of rotatable bonds is 6. The topological polar surface area (TPSA) is 61.2 Å². The van der Waals surface area contributed by atoms with Crippen LogP contribution in [-0.4, -0.2) is 27.9 Å². The number of thiophene rings is 1. The molecule has 0 aliphatic carbocycles. The van der Waals surface area contributed by atoms with Crippen LogP contribution in [0.2, 0.25) is 0 Å². The van der Waals surface area contributed by atoms with Crippen LogP contribution in [0.5, 0.6) is 0 Å². The number of ether oxygens (including phenoxy) is 1. The summed E-state index contributed by atoms with van der Waals surface area (Å²) in [5.74, 6) is -0.355. The molecule has 27 heavy (non-hydrogen) atoms. The summed E-state index contributed by atoms with van der Waals surface area (Å²) in [6.07, 6.45) is 1.65. The fourth-order valence-corrected chi connectivity index (χ4v) is 4.99. The van der Waals surface area contributed by atoms with Crippen molar-refractivity contribution < 1.29 is 9.53 Å². The molecule has 0 fully saturated rings. The number of esters is 1. The Labute approximate surface area is 165 Å². The van der Waals surface area contributed by atoms with Crippen molar-refractivity contribution >= 4 is 39.3 Å². The van der Waals surface area contributed by atoms with Gasteiger partial charge >= 0.3 is 5.97 Å². The lowest BCUT2D eigenvalue weighted by Gasteiger charge is -2.13. The summed E-state index contributed by atoms with van der Waals surface area (Å²) in [6.45, 7) is 7.75. The fourth-order valence-electron chi connectivity index (χ4n) is 2.82. The van der Waals surface area contributed by atoms with Crippen molar-refractivity contribution in [2.75, 3.05) is 7.11 Å². The number of fused-ring (bicyclic) bond motifs is 1. The Kier molecular flexibility index (Phi) is 5.82. The number of benzene rings is 1. The van der Waals surface area contributed by atoms with Gasteiger partial charge in [-0.15, -0.1) is 17.9 Å². The van der Waals surface area contributed by atoms with Gasteiger partial charge in [0, 0.05) is 11.4 Å². The summed E-state index contributed by atoms with van der Waals surface area (Å²) in [4.78, 5) is 31.4. The highest BCUT2D eigenvalue weighted by Crippen LogP contribution is 2.36. The molecule has 1 atom stereocenters. The highest BCUT2D eigenvalue weighted by molar-refractivity contribution is 8.00. The van der Waals surface area contributed by atoms with Gasteiger partial charge < -0.3 is 4.74 Å². The van der Waals surface area contributed by atoms with E-state index in [0.29, 0.717) is 21.9 Å². The maximum Gasteiger partial charge on any atom is 0.318 e. The molecule has 0 amide bonds. The quantitative estimate of drug-likeness (QED) is 0.268. The fraction of sp³-hybridized carbons (Fsp3) is 0.250. The minimum atomic E-state index is -0.468. The number of carbonyl (C=O) groups is 1. The van der Waals surface area contributed by atoms with Gasteiger partial charge in [-0.1, -0.05) is 48.2 Å². The molecule has 1 aromatic carbocycles. The van der Waals surface area contributed by atoms with Crippen LogP contribution >= 0.6 is 23.1 Å². The van der Waals surface area contributed by atoms with Crippen LogP contribution in [-0.2, 0) is 16.1 Å². The van der Waals surface area contributed by atoms with E-state index >= 15 is 0 Å². The molecule has 0 aliphatic rings. The van der Waals surface area contributed by atoms with Gasteiger partial charge in [0.05, 0.1) is 12.5 Å². The van der Waals surface area contributed by atoms with Crippen LogP contribution in [0, 0.1) is 6.92 Å². The molecule has 5 nitrogen and oxygen atoms in total. The molecule has 0 spiro atoms. The third kappa shape index (κ3) is 3.70. The molecule has 2 aromatic heterocycles. The normalized spacial score (nSPS) is 12.1. The molecule has 0 saturated heterocycles. The zero-order valence-corrected chi connectivity index (χ0v) is 17.0. The highest BCUT2D eigenvalue weighted by Gasteiger charge is 2.22. The summed E-state index contributed by atoms with van der Waals surface area (Å²) < 4.78 is 6.35. The van der Waals surface area contributed by atoms with Gasteiger partial charge in [-0.05, 0) is 25.0 Å². The molecule has 0 aliphatic heterocycles. The number of hydrogen-bond acceptors (Lipinski definition) is 6. The Morgan fingerprint density at radius 3 is 2.74 bits per heavy atom. The van der Waals surface area contributed by atoms with Gasteiger partial charge in [0.2, 0.25) is 0 Å². The smallest absolute Gasteiger partial charge is 0.318 e. The maximum atomic E-state index is 13.2. The van der Waals surface area contributed by atoms with Crippen molar-refractivity contribution in [2.45, 2.75) is 30.8 Å². The average molecular weight is 401 g/mol. The van der Waals surface area contributed by atoms with Gasteiger partial charge in [-0.25, -0.2) is 4.98 Å². The van der Waals surface area contributed by atoms with Crippen LogP contribution in [0.1, 0.15) is 12.5 Å². The minimum absolute atomic E-state index is 0.115. The first-order chi connectivity index (χ1) is 13.0. The van der Waals surface area contributed by atoms with E-state index in [-0.39, 0.29) is 11.5 Å². The Hall–Kier alpha value is -2.38. The summed E-state index contributed by atoms with van der Waals surface area (Å²) >= 11 is 2.71. The van der Waals surface area contributed by atoms with E-state index in [1.165, 1.54) is 30.2 Å². The number of allylic oxidation sites excluding steroid dienone is 1. The van der Waals surface area contributed by atoms with Crippen LogP contribution in [0.25, 0.3) is 20.7 Å². The minimum Gasteiger partial charge on any atom is -0.468 e. The standard InChI is InChI=1S/C20H20N2O3S2/c1-5-11-22-18(23)15-12(2)16(14-9-7-6-8-10-14)27-17(15)21-20(22)26-13(3)19(24)25-4/h5-10,13H,1,11H2,2-4H3/t13-/m0/s1. The lowest BCUT2D eigenvalue weighted by Crippen LogP contribution is -2.24. The van der Waals surface area contributed by atoms with Crippen LogP contribution in [0.4, 0.5) is 0 Å². The van der Waals surface area contributed by atoms with E-state index in [0.717, 1.165) is 16.0 Å². The number of aryl methyl sites for hydroxylation is 1. The maximum absolute atomic E-state index is 13.2. The first-order valence-electron chi connectivity index (χ1n) is 8.42. The number of aromatic nitrogens is 2. The average Bonchev–Trinajstić information content (AvgIpc) is 3.01. The zero-order chi connectivity index (χ0) is 19.6. The predicted molar refractivity (Wildman–Crippen MR) is 112 cm³/mol.